The number of amides is 1. The molecule has 9 heteroatoms. The van der Waals surface area contributed by atoms with Crippen LogP contribution < -0.4 is 16.2 Å². The molecule has 0 radical (unpaired) electrons. The molecule has 0 saturated carbocycles. The molecule has 0 unspecified atom stereocenters. The Morgan fingerprint density at radius 1 is 0.971 bits per heavy atom. The fourth-order valence-corrected chi connectivity index (χ4v) is 3.81. The van der Waals surface area contributed by atoms with Crippen molar-refractivity contribution in [1.82, 2.24) is 19.1 Å². The Bertz CT molecular complexity index is 1590. The molecule has 5 rings (SSSR count). The molecule has 0 saturated heterocycles. The van der Waals surface area contributed by atoms with E-state index in [0.29, 0.717) is 23.6 Å². The van der Waals surface area contributed by atoms with Gasteiger partial charge < -0.3 is 10.5 Å². The van der Waals surface area contributed by atoms with E-state index in [1.54, 1.807) is 24.3 Å². The summed E-state index contributed by atoms with van der Waals surface area (Å²) in [6.07, 6.45) is 0. The second-order valence-electron chi connectivity index (χ2n) is 7.88. The number of aromatic nitrogens is 4. The topological polar surface area (TPSA) is 105 Å². The molecule has 5 aromatic rings. The fraction of sp³-hybridized carbons (Fsp3) is 0.0769. The summed E-state index contributed by atoms with van der Waals surface area (Å²) in [5, 5.41) is 0. The number of nitrogens with two attached hydrogens (primary N) is 1. The summed E-state index contributed by atoms with van der Waals surface area (Å²) < 4.78 is 21.8. The molecule has 1 amide bonds. The molecule has 2 heterocycles. The van der Waals surface area contributed by atoms with Crippen LogP contribution in [0.15, 0.2) is 83.7 Å². The largest absolute Gasteiger partial charge is 0.489 e. The SMILES string of the molecule is Cn1c(=O)n(-c2ccc(F)cc2)c2nc(-c3ccc(OCc4ccccc4)cc3)nc(C(N)=O)c21. The third-order valence-corrected chi connectivity index (χ3v) is 5.57. The van der Waals surface area contributed by atoms with Crippen LogP contribution in [0.3, 0.4) is 0 Å². The number of halogens is 1. The van der Waals surface area contributed by atoms with Gasteiger partial charge in [-0.2, -0.15) is 0 Å². The van der Waals surface area contributed by atoms with Gasteiger partial charge in [-0.1, -0.05) is 30.3 Å². The summed E-state index contributed by atoms with van der Waals surface area (Å²) in [6, 6.07) is 22.2. The van der Waals surface area contributed by atoms with Gasteiger partial charge >= 0.3 is 5.69 Å². The van der Waals surface area contributed by atoms with Crippen LogP contribution in [-0.2, 0) is 13.7 Å². The maximum absolute atomic E-state index is 13.5. The Labute approximate surface area is 199 Å². The van der Waals surface area contributed by atoms with Crippen molar-refractivity contribution in [3.05, 3.63) is 106 Å². The summed E-state index contributed by atoms with van der Waals surface area (Å²) in [6.45, 7) is 0.419. The van der Waals surface area contributed by atoms with Gasteiger partial charge in [0.2, 0.25) is 0 Å². The van der Waals surface area contributed by atoms with E-state index in [1.165, 1.54) is 40.4 Å². The lowest BCUT2D eigenvalue weighted by Crippen LogP contribution is -2.21. The first-order valence-corrected chi connectivity index (χ1v) is 10.7. The highest BCUT2D eigenvalue weighted by atomic mass is 19.1. The number of hydrogen-bond acceptors (Lipinski definition) is 5. The van der Waals surface area contributed by atoms with Gasteiger partial charge in [0.15, 0.2) is 17.2 Å². The zero-order valence-electron chi connectivity index (χ0n) is 18.7. The molecule has 0 aliphatic carbocycles. The van der Waals surface area contributed by atoms with E-state index in [-0.39, 0.29) is 22.7 Å². The molecule has 0 atom stereocenters. The molecule has 35 heavy (non-hydrogen) atoms. The summed E-state index contributed by atoms with van der Waals surface area (Å²) in [5.74, 6) is -0.378. The van der Waals surface area contributed by atoms with E-state index in [9.17, 15) is 14.0 Å². The summed E-state index contributed by atoms with van der Waals surface area (Å²) >= 11 is 0. The number of aryl methyl sites for hydroxylation is 1. The van der Waals surface area contributed by atoms with Crippen LogP contribution in [0.4, 0.5) is 4.39 Å². The number of primary amides is 1. The zero-order valence-corrected chi connectivity index (χ0v) is 18.7. The molecule has 8 nitrogen and oxygen atoms in total. The van der Waals surface area contributed by atoms with Gasteiger partial charge in [-0.15, -0.1) is 0 Å². The van der Waals surface area contributed by atoms with Crippen molar-refractivity contribution in [1.29, 1.82) is 0 Å². The van der Waals surface area contributed by atoms with Gasteiger partial charge in [0.05, 0.1) is 5.69 Å². The second kappa shape index (κ2) is 8.86. The highest BCUT2D eigenvalue weighted by molar-refractivity contribution is 6.02. The van der Waals surface area contributed by atoms with Crippen LogP contribution in [0.1, 0.15) is 16.1 Å². The quantitative estimate of drug-likeness (QED) is 0.409. The molecule has 0 fully saturated rings. The van der Waals surface area contributed by atoms with Crippen LogP contribution in [-0.4, -0.2) is 25.0 Å². The van der Waals surface area contributed by atoms with E-state index < -0.39 is 17.4 Å². The van der Waals surface area contributed by atoms with E-state index in [0.717, 1.165) is 5.56 Å². The van der Waals surface area contributed by atoms with E-state index >= 15 is 0 Å². The first-order chi connectivity index (χ1) is 16.9. The van der Waals surface area contributed by atoms with Crippen LogP contribution in [0, 0.1) is 5.82 Å². The van der Waals surface area contributed by atoms with E-state index in [1.807, 2.05) is 30.3 Å². The summed E-state index contributed by atoms with van der Waals surface area (Å²) in [7, 11) is 1.50. The molecule has 3 aromatic carbocycles. The molecule has 174 valence electrons. The number of nitrogens with zero attached hydrogens (tertiary/aromatic N) is 4. The van der Waals surface area contributed by atoms with Crippen LogP contribution in [0.25, 0.3) is 28.2 Å². The first-order valence-electron chi connectivity index (χ1n) is 10.7. The molecule has 0 spiro atoms. The number of imidazole rings is 1. The van der Waals surface area contributed by atoms with Gasteiger partial charge in [-0.3, -0.25) is 9.36 Å². The lowest BCUT2D eigenvalue weighted by molar-refractivity contribution is 0.0997. The number of hydrogen-bond donors (Lipinski definition) is 1. The Balaban J connectivity index is 1.58. The second-order valence-corrected chi connectivity index (χ2v) is 7.88. The molecule has 0 bridgehead atoms. The number of fused-ring (bicyclic) bond motifs is 1. The number of benzene rings is 3. The minimum absolute atomic E-state index is 0.0881. The van der Waals surface area contributed by atoms with Crippen molar-refractivity contribution >= 4 is 17.1 Å². The number of carbonyl (C=O) groups is 1. The van der Waals surface area contributed by atoms with Gasteiger partial charge in [-0.25, -0.2) is 23.7 Å². The molecular weight excluding hydrogens is 449 g/mol. The molecule has 2 aromatic heterocycles. The van der Waals surface area contributed by atoms with Crippen molar-refractivity contribution in [2.75, 3.05) is 0 Å². The van der Waals surface area contributed by atoms with Gasteiger partial charge in [0, 0.05) is 12.6 Å². The van der Waals surface area contributed by atoms with Crippen molar-refractivity contribution in [3.63, 3.8) is 0 Å². The van der Waals surface area contributed by atoms with Crippen LogP contribution in [0.5, 0.6) is 5.75 Å². The minimum Gasteiger partial charge on any atom is -0.489 e. The van der Waals surface area contributed by atoms with Crippen molar-refractivity contribution < 1.29 is 13.9 Å². The standard InChI is InChI=1S/C26H20FN5O3/c1-31-22-21(23(28)33)29-24(30-25(22)32(26(31)34)19-11-9-18(27)10-12-19)17-7-13-20(14-8-17)35-15-16-5-3-2-4-6-16/h2-14H,15H2,1H3,(H2,28,33). The maximum Gasteiger partial charge on any atom is 0.334 e. The normalized spacial score (nSPS) is 11.0. The summed E-state index contributed by atoms with van der Waals surface area (Å²) in [5.41, 5.74) is 7.47. The van der Waals surface area contributed by atoms with Crippen molar-refractivity contribution in [2.45, 2.75) is 6.61 Å². The molecule has 2 N–H and O–H groups in total. The average Bonchev–Trinajstić information content (AvgIpc) is 3.13. The lowest BCUT2D eigenvalue weighted by Gasteiger charge is -2.09. The zero-order chi connectivity index (χ0) is 24.5. The van der Waals surface area contributed by atoms with Crippen molar-refractivity contribution in [3.8, 4) is 22.8 Å². The number of carbonyl (C=O) groups excluding carboxylic acids is 1. The summed E-state index contributed by atoms with van der Waals surface area (Å²) in [4.78, 5) is 34.2. The minimum atomic E-state index is -0.798. The van der Waals surface area contributed by atoms with Gasteiger partial charge in [0.25, 0.3) is 5.91 Å². The Hall–Kier alpha value is -4.79. The Morgan fingerprint density at radius 3 is 2.31 bits per heavy atom. The van der Waals surface area contributed by atoms with Gasteiger partial charge in [0.1, 0.15) is 23.7 Å². The first kappa shape index (κ1) is 22.0. The molecular formula is C26H20FN5O3. The smallest absolute Gasteiger partial charge is 0.334 e. The van der Waals surface area contributed by atoms with Gasteiger partial charge in [-0.05, 0) is 54.1 Å². The van der Waals surface area contributed by atoms with Crippen LogP contribution >= 0.6 is 0 Å². The van der Waals surface area contributed by atoms with Crippen LogP contribution in [0.2, 0.25) is 0 Å². The predicted molar refractivity (Wildman–Crippen MR) is 129 cm³/mol. The average molecular weight is 469 g/mol. The molecule has 0 aliphatic rings. The lowest BCUT2D eigenvalue weighted by atomic mass is 10.2. The third-order valence-electron chi connectivity index (χ3n) is 5.57. The number of rotatable bonds is 6. The molecule has 0 aliphatic heterocycles. The Morgan fingerprint density at radius 2 is 1.66 bits per heavy atom. The monoisotopic (exact) mass is 469 g/mol. The number of ether oxygens (including phenoxy) is 1. The van der Waals surface area contributed by atoms with E-state index in [2.05, 4.69) is 9.97 Å². The highest BCUT2D eigenvalue weighted by Gasteiger charge is 2.22. The highest BCUT2D eigenvalue weighted by Crippen LogP contribution is 2.25. The fourth-order valence-electron chi connectivity index (χ4n) is 3.81. The van der Waals surface area contributed by atoms with E-state index in [4.69, 9.17) is 10.5 Å². The maximum atomic E-state index is 13.5. The van der Waals surface area contributed by atoms with Crippen molar-refractivity contribution in [2.24, 2.45) is 12.8 Å². The predicted octanol–water partition coefficient (Wildman–Crippen LogP) is 3.60. The third kappa shape index (κ3) is 4.15. The Kier molecular flexibility index (Phi) is 5.58.